The Hall–Kier alpha value is -1.13. The summed E-state index contributed by atoms with van der Waals surface area (Å²) in [5.41, 5.74) is 3.46. The van der Waals surface area contributed by atoms with Crippen LogP contribution in [0.5, 0.6) is 5.75 Å². The van der Waals surface area contributed by atoms with Gasteiger partial charge in [-0.15, -0.1) is 11.3 Å². The molecule has 0 saturated heterocycles. The molecule has 1 aromatic carbocycles. The Balaban J connectivity index is 2.53. The summed E-state index contributed by atoms with van der Waals surface area (Å²) >= 11 is 6.86. The van der Waals surface area contributed by atoms with Gasteiger partial charge in [-0.1, -0.05) is 6.92 Å². The lowest BCUT2D eigenvalue weighted by Gasteiger charge is -2.07. The molecule has 1 N–H and O–H groups in total. The largest absolute Gasteiger partial charge is 0.496 e. The van der Waals surface area contributed by atoms with Crippen LogP contribution in [0.15, 0.2) is 18.2 Å². The van der Waals surface area contributed by atoms with Crippen molar-refractivity contribution in [2.75, 3.05) is 7.11 Å². The summed E-state index contributed by atoms with van der Waals surface area (Å²) in [7, 11) is 1.69. The zero-order valence-corrected chi connectivity index (χ0v) is 11.8. The average Bonchev–Trinajstić information content (AvgIpc) is 2.70. The molecule has 0 aliphatic rings. The molecule has 0 unspecified atom stereocenters. The van der Waals surface area contributed by atoms with Crippen molar-refractivity contribution in [1.82, 2.24) is 4.98 Å². The van der Waals surface area contributed by atoms with E-state index in [1.54, 1.807) is 18.4 Å². The molecule has 4 heteroatoms. The molecule has 2 nitrogen and oxygen atoms in total. The zero-order chi connectivity index (χ0) is 12.4. The second kappa shape index (κ2) is 5.02. The summed E-state index contributed by atoms with van der Waals surface area (Å²) in [6, 6.07) is 6.20. The SMILES string of the molecule is CCc1sc(=S)[nH]c1-c1ccc(OC)c(C)c1. The Morgan fingerprint density at radius 1 is 1.41 bits per heavy atom. The summed E-state index contributed by atoms with van der Waals surface area (Å²) in [5, 5.41) is 0. The summed E-state index contributed by atoms with van der Waals surface area (Å²) in [4.78, 5) is 4.57. The summed E-state index contributed by atoms with van der Waals surface area (Å²) < 4.78 is 6.11. The maximum Gasteiger partial charge on any atom is 0.159 e. The number of thiazole rings is 1. The fourth-order valence-corrected chi connectivity index (χ4v) is 3.07. The Morgan fingerprint density at radius 2 is 2.18 bits per heavy atom. The lowest BCUT2D eigenvalue weighted by molar-refractivity contribution is 0.412. The normalized spacial score (nSPS) is 10.5. The smallest absolute Gasteiger partial charge is 0.159 e. The van der Waals surface area contributed by atoms with E-state index in [1.807, 2.05) is 6.07 Å². The van der Waals surface area contributed by atoms with Crippen LogP contribution in [0.25, 0.3) is 11.3 Å². The van der Waals surface area contributed by atoms with E-state index in [1.165, 1.54) is 10.4 Å². The number of rotatable bonds is 3. The van der Waals surface area contributed by atoms with Crippen LogP contribution in [0, 0.1) is 10.9 Å². The van der Waals surface area contributed by atoms with Crippen LogP contribution >= 0.6 is 23.6 Å². The number of aryl methyl sites for hydroxylation is 2. The van der Waals surface area contributed by atoms with Crippen molar-refractivity contribution in [3.8, 4) is 17.0 Å². The molecular weight excluding hydrogens is 250 g/mol. The number of aromatic nitrogens is 1. The molecule has 1 aromatic heterocycles. The number of ether oxygens (including phenoxy) is 1. The van der Waals surface area contributed by atoms with E-state index in [-0.39, 0.29) is 0 Å². The second-order valence-electron chi connectivity index (χ2n) is 3.85. The van der Waals surface area contributed by atoms with Crippen LogP contribution in [0.3, 0.4) is 0 Å². The van der Waals surface area contributed by atoms with Gasteiger partial charge in [0, 0.05) is 4.88 Å². The number of hydrogen-bond donors (Lipinski definition) is 1. The van der Waals surface area contributed by atoms with Crippen LogP contribution in [0.1, 0.15) is 17.4 Å². The Kier molecular flexibility index (Phi) is 3.64. The molecule has 0 radical (unpaired) electrons. The molecule has 0 saturated carbocycles. The first kappa shape index (κ1) is 12.3. The first-order valence-corrected chi connectivity index (χ1v) is 6.75. The maximum atomic E-state index is 5.27. The van der Waals surface area contributed by atoms with E-state index in [2.05, 4.69) is 31.0 Å². The van der Waals surface area contributed by atoms with Gasteiger partial charge in [0.15, 0.2) is 3.95 Å². The van der Waals surface area contributed by atoms with Gasteiger partial charge in [0.2, 0.25) is 0 Å². The quantitative estimate of drug-likeness (QED) is 0.834. The number of methoxy groups -OCH3 is 1. The van der Waals surface area contributed by atoms with Gasteiger partial charge in [0.05, 0.1) is 12.8 Å². The highest BCUT2D eigenvalue weighted by molar-refractivity contribution is 7.73. The Bertz CT molecular complexity index is 583. The number of hydrogen-bond acceptors (Lipinski definition) is 3. The van der Waals surface area contributed by atoms with Crippen LogP contribution in [-0.4, -0.2) is 12.1 Å². The van der Waals surface area contributed by atoms with Gasteiger partial charge in [-0.25, -0.2) is 0 Å². The van der Waals surface area contributed by atoms with Gasteiger partial charge < -0.3 is 9.72 Å². The lowest BCUT2D eigenvalue weighted by atomic mass is 10.1. The highest BCUT2D eigenvalue weighted by atomic mass is 32.1. The molecule has 2 rings (SSSR count). The van der Waals surface area contributed by atoms with Crippen molar-refractivity contribution < 1.29 is 4.74 Å². The third-order valence-corrected chi connectivity index (χ3v) is 4.11. The lowest BCUT2D eigenvalue weighted by Crippen LogP contribution is -1.89. The number of H-pyrrole nitrogens is 1. The number of nitrogens with one attached hydrogen (secondary N) is 1. The Morgan fingerprint density at radius 3 is 2.76 bits per heavy atom. The molecule has 0 fully saturated rings. The summed E-state index contributed by atoms with van der Waals surface area (Å²) in [6.45, 7) is 4.20. The molecule has 0 amide bonds. The topological polar surface area (TPSA) is 25.0 Å². The van der Waals surface area contributed by atoms with Gasteiger partial charge in [-0.2, -0.15) is 0 Å². The molecule has 2 aromatic rings. The predicted octanol–water partition coefficient (Wildman–Crippen LogP) is 4.35. The predicted molar refractivity (Wildman–Crippen MR) is 75.6 cm³/mol. The number of aromatic amines is 1. The van der Waals surface area contributed by atoms with Gasteiger partial charge >= 0.3 is 0 Å². The highest BCUT2D eigenvalue weighted by Gasteiger charge is 2.08. The molecule has 0 aliphatic carbocycles. The van der Waals surface area contributed by atoms with E-state index in [0.717, 1.165) is 27.4 Å². The minimum absolute atomic E-state index is 0.838. The summed E-state index contributed by atoms with van der Waals surface area (Å²) in [6.07, 6.45) is 0.998. The van der Waals surface area contributed by atoms with E-state index in [9.17, 15) is 0 Å². The van der Waals surface area contributed by atoms with Crippen LogP contribution in [-0.2, 0) is 6.42 Å². The molecule has 1 heterocycles. The van der Waals surface area contributed by atoms with Crippen molar-refractivity contribution in [2.45, 2.75) is 20.3 Å². The van der Waals surface area contributed by atoms with Crippen LogP contribution in [0.2, 0.25) is 0 Å². The van der Waals surface area contributed by atoms with E-state index >= 15 is 0 Å². The monoisotopic (exact) mass is 265 g/mol. The maximum absolute atomic E-state index is 5.27. The minimum atomic E-state index is 0.838. The van der Waals surface area contributed by atoms with Crippen molar-refractivity contribution in [3.05, 3.63) is 32.6 Å². The second-order valence-corrected chi connectivity index (χ2v) is 5.62. The zero-order valence-electron chi connectivity index (χ0n) is 10.2. The van der Waals surface area contributed by atoms with E-state index < -0.39 is 0 Å². The Labute approximate surface area is 110 Å². The first-order chi connectivity index (χ1) is 8.15. The van der Waals surface area contributed by atoms with Gasteiger partial charge in [0.25, 0.3) is 0 Å². The van der Waals surface area contributed by atoms with Crippen molar-refractivity contribution in [3.63, 3.8) is 0 Å². The number of benzene rings is 1. The standard InChI is InChI=1S/C13H15NOS2/c1-4-11-12(14-13(16)17-11)9-5-6-10(15-3)8(2)7-9/h5-7H,4H2,1-3H3,(H,14,16). The first-order valence-electron chi connectivity index (χ1n) is 5.52. The molecule has 90 valence electrons. The highest BCUT2D eigenvalue weighted by Crippen LogP contribution is 2.30. The van der Waals surface area contributed by atoms with Crippen molar-refractivity contribution in [1.29, 1.82) is 0 Å². The van der Waals surface area contributed by atoms with Gasteiger partial charge in [0.1, 0.15) is 5.75 Å². The van der Waals surface area contributed by atoms with Crippen molar-refractivity contribution in [2.24, 2.45) is 0 Å². The average molecular weight is 265 g/mol. The third-order valence-electron chi connectivity index (χ3n) is 2.73. The van der Waals surface area contributed by atoms with Gasteiger partial charge in [-0.05, 0) is 54.9 Å². The fraction of sp³-hybridized carbons (Fsp3) is 0.308. The van der Waals surface area contributed by atoms with Gasteiger partial charge in [-0.3, -0.25) is 0 Å². The molecule has 0 bridgehead atoms. The molecule has 17 heavy (non-hydrogen) atoms. The van der Waals surface area contributed by atoms with Crippen LogP contribution in [0.4, 0.5) is 0 Å². The summed E-state index contributed by atoms with van der Waals surface area (Å²) in [5.74, 6) is 0.917. The molecule has 0 spiro atoms. The molecular formula is C13H15NOS2. The van der Waals surface area contributed by atoms with Crippen molar-refractivity contribution >= 4 is 23.6 Å². The third kappa shape index (κ3) is 2.42. The molecule has 0 aliphatic heterocycles. The van der Waals surface area contributed by atoms with E-state index in [4.69, 9.17) is 17.0 Å². The van der Waals surface area contributed by atoms with E-state index in [0.29, 0.717) is 0 Å². The fourth-order valence-electron chi connectivity index (χ4n) is 1.88. The molecule has 0 atom stereocenters. The minimum Gasteiger partial charge on any atom is -0.496 e. The van der Waals surface area contributed by atoms with Crippen LogP contribution < -0.4 is 4.74 Å².